The molecule has 4 aromatic rings. The van der Waals surface area contributed by atoms with Gasteiger partial charge in [0.1, 0.15) is 25.3 Å². The molecule has 10 heteroatoms. The van der Waals surface area contributed by atoms with E-state index in [9.17, 15) is 4.79 Å². The van der Waals surface area contributed by atoms with Gasteiger partial charge in [-0.25, -0.2) is 9.97 Å². The van der Waals surface area contributed by atoms with Gasteiger partial charge in [0.15, 0.2) is 11.5 Å². The second kappa shape index (κ2) is 10.4. The number of benzene rings is 2. The molecule has 1 saturated heterocycles. The number of hydrogen-bond acceptors (Lipinski definition) is 8. The van der Waals surface area contributed by atoms with Crippen LogP contribution in [-0.2, 0) is 4.79 Å². The lowest BCUT2D eigenvalue weighted by Crippen LogP contribution is -2.50. The van der Waals surface area contributed by atoms with E-state index < -0.39 is 6.61 Å². The van der Waals surface area contributed by atoms with E-state index in [0.717, 1.165) is 35.1 Å². The summed E-state index contributed by atoms with van der Waals surface area (Å²) in [7, 11) is 1.60. The molecule has 2 aromatic heterocycles. The van der Waals surface area contributed by atoms with Crippen LogP contribution >= 0.6 is 0 Å². The van der Waals surface area contributed by atoms with Crippen molar-refractivity contribution in [3.05, 3.63) is 48.4 Å². The summed E-state index contributed by atoms with van der Waals surface area (Å²) in [5.74, 6) is 2.05. The maximum atomic E-state index is 11.6. The van der Waals surface area contributed by atoms with Gasteiger partial charge < -0.3 is 29.2 Å². The number of carbonyl (C=O) groups is 1. The van der Waals surface area contributed by atoms with Crippen molar-refractivity contribution in [3.8, 4) is 23.1 Å². The fourth-order valence-corrected chi connectivity index (χ4v) is 4.43. The van der Waals surface area contributed by atoms with Crippen molar-refractivity contribution >= 4 is 27.7 Å². The van der Waals surface area contributed by atoms with Crippen LogP contribution in [0, 0.1) is 6.92 Å². The lowest BCUT2D eigenvalue weighted by atomic mass is 10.2. The zero-order valence-electron chi connectivity index (χ0n) is 20.4. The van der Waals surface area contributed by atoms with Crippen LogP contribution in [0.4, 0.5) is 0 Å². The minimum Gasteiger partial charge on any atom is -0.493 e. The SMILES string of the molecule is COc1cc2c(Oc3ccc4[nH]c(C)cc4c3)ncnc2cc1OCCN1CCN(C(=O)CO)CC1. The van der Waals surface area contributed by atoms with Crippen molar-refractivity contribution in [1.82, 2.24) is 24.8 Å². The maximum Gasteiger partial charge on any atom is 0.248 e. The number of carbonyl (C=O) groups excluding carboxylic acids is 1. The first kappa shape index (κ1) is 23.8. The molecule has 0 atom stereocenters. The first-order valence-electron chi connectivity index (χ1n) is 11.9. The number of nitrogens with zero attached hydrogens (tertiary/aromatic N) is 4. The Morgan fingerprint density at radius 3 is 2.69 bits per heavy atom. The highest BCUT2D eigenvalue weighted by Crippen LogP contribution is 2.36. The van der Waals surface area contributed by atoms with Crippen LogP contribution in [0.3, 0.4) is 0 Å². The van der Waals surface area contributed by atoms with Gasteiger partial charge in [-0.05, 0) is 37.3 Å². The maximum absolute atomic E-state index is 11.6. The monoisotopic (exact) mass is 491 g/mol. The number of aliphatic hydroxyl groups is 1. The molecule has 2 N–H and O–H groups in total. The van der Waals surface area contributed by atoms with Crippen LogP contribution in [-0.4, -0.2) is 88.8 Å². The second-order valence-electron chi connectivity index (χ2n) is 8.73. The molecule has 36 heavy (non-hydrogen) atoms. The van der Waals surface area contributed by atoms with Gasteiger partial charge in [-0.1, -0.05) is 0 Å². The van der Waals surface area contributed by atoms with Gasteiger partial charge in [-0.15, -0.1) is 0 Å². The molecule has 3 heterocycles. The number of piperazine rings is 1. The van der Waals surface area contributed by atoms with Crippen molar-refractivity contribution in [3.63, 3.8) is 0 Å². The molecule has 1 aliphatic heterocycles. The minimum atomic E-state index is -0.441. The van der Waals surface area contributed by atoms with E-state index >= 15 is 0 Å². The molecular formula is C26H29N5O5. The predicted octanol–water partition coefficient (Wildman–Crippen LogP) is 2.74. The Bertz CT molecular complexity index is 1380. The molecule has 1 fully saturated rings. The van der Waals surface area contributed by atoms with Gasteiger partial charge in [0, 0.05) is 55.4 Å². The summed E-state index contributed by atoms with van der Waals surface area (Å²) in [6.07, 6.45) is 1.47. The second-order valence-corrected chi connectivity index (χ2v) is 8.73. The third-order valence-electron chi connectivity index (χ3n) is 6.35. The zero-order valence-corrected chi connectivity index (χ0v) is 20.4. The van der Waals surface area contributed by atoms with Crippen LogP contribution in [0.2, 0.25) is 0 Å². The first-order chi connectivity index (χ1) is 17.5. The number of fused-ring (bicyclic) bond motifs is 2. The molecule has 0 aliphatic carbocycles. The van der Waals surface area contributed by atoms with Crippen LogP contribution in [0.15, 0.2) is 42.7 Å². The predicted molar refractivity (Wildman–Crippen MR) is 135 cm³/mol. The van der Waals surface area contributed by atoms with Crippen molar-refractivity contribution in [2.75, 3.05) is 53.0 Å². The van der Waals surface area contributed by atoms with Gasteiger partial charge in [0.05, 0.1) is 18.0 Å². The Balaban J connectivity index is 1.28. The molecule has 0 bridgehead atoms. The molecular weight excluding hydrogens is 462 g/mol. The lowest BCUT2D eigenvalue weighted by Gasteiger charge is -2.34. The Hall–Kier alpha value is -3.89. The van der Waals surface area contributed by atoms with Gasteiger partial charge in [-0.3, -0.25) is 9.69 Å². The highest BCUT2D eigenvalue weighted by molar-refractivity contribution is 5.87. The molecule has 2 aromatic carbocycles. The smallest absolute Gasteiger partial charge is 0.248 e. The highest BCUT2D eigenvalue weighted by atomic mass is 16.5. The summed E-state index contributed by atoms with van der Waals surface area (Å²) in [5, 5.41) is 10.8. The summed E-state index contributed by atoms with van der Waals surface area (Å²) in [5.41, 5.74) is 2.83. The van der Waals surface area contributed by atoms with E-state index in [1.54, 1.807) is 12.0 Å². The van der Waals surface area contributed by atoms with E-state index in [1.807, 2.05) is 37.3 Å². The molecule has 10 nitrogen and oxygen atoms in total. The van der Waals surface area contributed by atoms with Crippen LogP contribution in [0.25, 0.3) is 21.8 Å². The van der Waals surface area contributed by atoms with E-state index in [1.165, 1.54) is 6.33 Å². The number of hydrogen-bond donors (Lipinski definition) is 2. The first-order valence-corrected chi connectivity index (χ1v) is 11.9. The standard InChI is InChI=1S/C26H29N5O5/c1-17-11-18-12-19(3-4-21(18)29-17)36-26-20-13-23(34-2)24(14-22(20)27-16-28-26)35-10-9-30-5-7-31(8-6-30)25(33)15-32/h3-4,11-14,16,29,32H,5-10,15H2,1-2H3. The number of H-pyrrole nitrogens is 1. The minimum absolute atomic E-state index is 0.225. The summed E-state index contributed by atoms with van der Waals surface area (Å²) in [6.45, 7) is 5.44. The van der Waals surface area contributed by atoms with Gasteiger partial charge in [0.25, 0.3) is 0 Å². The number of aromatic nitrogens is 3. The van der Waals surface area contributed by atoms with Crippen LogP contribution in [0.1, 0.15) is 5.69 Å². The van der Waals surface area contributed by atoms with E-state index in [4.69, 9.17) is 19.3 Å². The fraction of sp³-hybridized carbons (Fsp3) is 0.346. The number of nitrogens with one attached hydrogen (secondary N) is 1. The topological polar surface area (TPSA) is 113 Å². The summed E-state index contributed by atoms with van der Waals surface area (Å²) in [6, 6.07) is 11.6. The third-order valence-corrected chi connectivity index (χ3v) is 6.35. The highest BCUT2D eigenvalue weighted by Gasteiger charge is 2.20. The molecule has 0 radical (unpaired) electrons. The number of aromatic amines is 1. The van der Waals surface area contributed by atoms with E-state index in [0.29, 0.717) is 54.9 Å². The summed E-state index contributed by atoms with van der Waals surface area (Å²) < 4.78 is 17.8. The molecule has 0 saturated carbocycles. The molecule has 188 valence electrons. The largest absolute Gasteiger partial charge is 0.493 e. The number of ether oxygens (including phenoxy) is 3. The molecule has 0 unspecified atom stereocenters. The number of methoxy groups -OCH3 is 1. The summed E-state index contributed by atoms with van der Waals surface area (Å²) in [4.78, 5) is 27.6. The Morgan fingerprint density at radius 1 is 1.08 bits per heavy atom. The normalized spacial score (nSPS) is 14.4. The van der Waals surface area contributed by atoms with Crippen LogP contribution < -0.4 is 14.2 Å². The molecule has 0 spiro atoms. The average molecular weight is 492 g/mol. The number of aryl methyl sites for hydroxylation is 1. The number of aliphatic hydroxyl groups excluding tert-OH is 1. The quantitative estimate of drug-likeness (QED) is 0.387. The van der Waals surface area contributed by atoms with Crippen molar-refractivity contribution < 1.29 is 24.1 Å². The number of amides is 1. The molecule has 5 rings (SSSR count). The van der Waals surface area contributed by atoms with E-state index in [-0.39, 0.29) is 5.91 Å². The molecule has 1 aliphatic rings. The van der Waals surface area contributed by atoms with E-state index in [2.05, 4.69) is 25.9 Å². The average Bonchev–Trinajstić information content (AvgIpc) is 3.27. The van der Waals surface area contributed by atoms with Crippen molar-refractivity contribution in [2.45, 2.75) is 6.92 Å². The van der Waals surface area contributed by atoms with Gasteiger partial charge in [-0.2, -0.15) is 0 Å². The van der Waals surface area contributed by atoms with Crippen LogP contribution in [0.5, 0.6) is 23.1 Å². The zero-order chi connectivity index (χ0) is 25.1. The summed E-state index contributed by atoms with van der Waals surface area (Å²) >= 11 is 0. The molecule has 1 amide bonds. The Kier molecular flexibility index (Phi) is 6.88. The third kappa shape index (κ3) is 5.05. The van der Waals surface area contributed by atoms with Gasteiger partial charge >= 0.3 is 0 Å². The number of rotatable bonds is 8. The fourth-order valence-electron chi connectivity index (χ4n) is 4.43. The lowest BCUT2D eigenvalue weighted by molar-refractivity contribution is -0.135. The Morgan fingerprint density at radius 2 is 1.92 bits per heavy atom. The Labute approximate surface area is 208 Å². The van der Waals surface area contributed by atoms with Gasteiger partial charge in [0.2, 0.25) is 11.8 Å². The van der Waals surface area contributed by atoms with Crippen molar-refractivity contribution in [1.29, 1.82) is 0 Å². The van der Waals surface area contributed by atoms with Crippen molar-refractivity contribution in [2.24, 2.45) is 0 Å².